The van der Waals surface area contributed by atoms with Gasteiger partial charge in [-0.15, -0.1) is 0 Å². The first-order valence-corrected chi connectivity index (χ1v) is 8.07. The Kier molecular flexibility index (Phi) is 3.80. The summed E-state index contributed by atoms with van der Waals surface area (Å²) in [4.78, 5) is 13.3. The molecule has 2 heterocycles. The predicted octanol–water partition coefficient (Wildman–Crippen LogP) is 2.40. The van der Waals surface area contributed by atoms with Crippen molar-refractivity contribution in [1.82, 2.24) is 15.0 Å². The zero-order valence-electron chi connectivity index (χ0n) is 14.5. The van der Waals surface area contributed by atoms with E-state index in [1.165, 1.54) is 0 Å². The molecule has 4 N–H and O–H groups in total. The molecule has 126 valence electrons. The van der Waals surface area contributed by atoms with Gasteiger partial charge < -0.3 is 16.4 Å². The second-order valence-corrected chi connectivity index (χ2v) is 7.88. The molecule has 1 fully saturated rings. The van der Waals surface area contributed by atoms with Gasteiger partial charge in [0.05, 0.1) is 0 Å². The van der Waals surface area contributed by atoms with Crippen LogP contribution < -0.4 is 16.4 Å². The van der Waals surface area contributed by atoms with E-state index in [1.807, 2.05) is 27.7 Å². The Hall–Kier alpha value is -2.46. The number of nitrogens with one attached hydrogen (secondary N) is 2. The molecule has 0 atom stereocenters. The van der Waals surface area contributed by atoms with Crippen molar-refractivity contribution in [2.75, 3.05) is 10.6 Å². The number of hydrogen-bond acceptors (Lipinski definition) is 7. The van der Waals surface area contributed by atoms with E-state index in [4.69, 9.17) is 5.73 Å². The van der Waals surface area contributed by atoms with Gasteiger partial charge in [0.15, 0.2) is 5.82 Å². The molecule has 1 aliphatic rings. The van der Waals surface area contributed by atoms with E-state index in [1.54, 1.807) is 12.3 Å². The van der Waals surface area contributed by atoms with Crippen LogP contribution in [-0.4, -0.2) is 32.1 Å². The Morgan fingerprint density at radius 3 is 2.62 bits per heavy atom. The number of rotatable bonds is 3. The van der Waals surface area contributed by atoms with Crippen LogP contribution in [0.25, 0.3) is 10.9 Å². The number of anilines is 2. The number of fused-ring (bicyclic) bond motifs is 1. The highest BCUT2D eigenvalue weighted by molar-refractivity contribution is 5.89. The van der Waals surface area contributed by atoms with Crippen LogP contribution in [0.3, 0.4) is 0 Å². The SMILES string of the molecule is CC(C)(C)Nc1nc(C#N)cc2cnc(N[C@H]3C[C@](C)(N)C3)nc12. The quantitative estimate of drug-likeness (QED) is 0.794. The van der Waals surface area contributed by atoms with Crippen molar-refractivity contribution in [1.29, 1.82) is 5.26 Å². The molecule has 0 unspecified atom stereocenters. The Labute approximate surface area is 141 Å². The number of pyridine rings is 1. The molecule has 0 aliphatic heterocycles. The molecule has 1 saturated carbocycles. The van der Waals surface area contributed by atoms with Crippen LogP contribution in [0.5, 0.6) is 0 Å². The first-order chi connectivity index (χ1) is 11.1. The van der Waals surface area contributed by atoms with Gasteiger partial charge in [0, 0.05) is 28.7 Å². The van der Waals surface area contributed by atoms with E-state index < -0.39 is 0 Å². The molecular formula is C17H23N7. The third-order valence-electron chi connectivity index (χ3n) is 3.93. The van der Waals surface area contributed by atoms with Gasteiger partial charge in [0.2, 0.25) is 5.95 Å². The minimum atomic E-state index is -0.193. The molecule has 0 aromatic carbocycles. The van der Waals surface area contributed by atoms with E-state index in [9.17, 15) is 5.26 Å². The Bertz CT molecular complexity index is 806. The molecule has 1 aliphatic carbocycles. The normalized spacial score (nSPS) is 23.4. The van der Waals surface area contributed by atoms with Crippen LogP contribution in [0, 0.1) is 11.3 Å². The summed E-state index contributed by atoms with van der Waals surface area (Å²) in [6.07, 6.45) is 3.52. The molecule has 2 aromatic heterocycles. The summed E-state index contributed by atoms with van der Waals surface area (Å²) in [5.41, 5.74) is 6.81. The highest BCUT2D eigenvalue weighted by atomic mass is 15.1. The molecule has 0 amide bonds. The maximum atomic E-state index is 9.18. The molecule has 7 nitrogen and oxygen atoms in total. The summed E-state index contributed by atoms with van der Waals surface area (Å²) >= 11 is 0. The second-order valence-electron chi connectivity index (χ2n) is 7.88. The average molecular weight is 325 g/mol. The lowest BCUT2D eigenvalue weighted by atomic mass is 9.75. The molecule has 0 radical (unpaired) electrons. The van der Waals surface area contributed by atoms with Crippen LogP contribution in [0.1, 0.15) is 46.2 Å². The van der Waals surface area contributed by atoms with Crippen molar-refractivity contribution in [2.24, 2.45) is 5.73 Å². The highest BCUT2D eigenvalue weighted by Crippen LogP contribution is 2.31. The molecule has 3 rings (SSSR count). The number of aromatic nitrogens is 3. The monoisotopic (exact) mass is 325 g/mol. The number of hydrogen-bond donors (Lipinski definition) is 3. The van der Waals surface area contributed by atoms with Gasteiger partial charge in [-0.05, 0) is 46.6 Å². The van der Waals surface area contributed by atoms with E-state index in [0.29, 0.717) is 29.0 Å². The summed E-state index contributed by atoms with van der Waals surface area (Å²) in [5, 5.41) is 16.6. The van der Waals surface area contributed by atoms with E-state index in [2.05, 4.69) is 31.7 Å². The van der Waals surface area contributed by atoms with Gasteiger partial charge in [0.25, 0.3) is 0 Å². The molecule has 0 spiro atoms. The summed E-state index contributed by atoms with van der Waals surface area (Å²) in [6, 6.07) is 4.08. The Morgan fingerprint density at radius 2 is 2.04 bits per heavy atom. The van der Waals surface area contributed by atoms with Gasteiger partial charge in [-0.3, -0.25) is 0 Å². The van der Waals surface area contributed by atoms with E-state index in [-0.39, 0.29) is 11.1 Å². The lowest BCUT2D eigenvalue weighted by Crippen LogP contribution is -2.54. The minimum absolute atomic E-state index is 0.100. The van der Waals surface area contributed by atoms with Crippen LogP contribution in [-0.2, 0) is 0 Å². The molecular weight excluding hydrogens is 302 g/mol. The summed E-state index contributed by atoms with van der Waals surface area (Å²) in [6.45, 7) is 8.16. The zero-order chi connectivity index (χ0) is 17.5. The molecule has 2 aromatic rings. The summed E-state index contributed by atoms with van der Waals surface area (Å²) in [5.74, 6) is 1.16. The van der Waals surface area contributed by atoms with Crippen LogP contribution >= 0.6 is 0 Å². The predicted molar refractivity (Wildman–Crippen MR) is 94.7 cm³/mol. The van der Waals surface area contributed by atoms with Crippen LogP contribution in [0.4, 0.5) is 11.8 Å². The fourth-order valence-corrected chi connectivity index (χ4v) is 2.96. The van der Waals surface area contributed by atoms with Crippen molar-refractivity contribution >= 4 is 22.7 Å². The van der Waals surface area contributed by atoms with Crippen molar-refractivity contribution < 1.29 is 0 Å². The molecule has 24 heavy (non-hydrogen) atoms. The Balaban J connectivity index is 1.95. The average Bonchev–Trinajstić information content (AvgIpc) is 2.44. The minimum Gasteiger partial charge on any atom is -0.364 e. The largest absolute Gasteiger partial charge is 0.364 e. The van der Waals surface area contributed by atoms with Gasteiger partial charge in [-0.1, -0.05) is 0 Å². The van der Waals surface area contributed by atoms with E-state index >= 15 is 0 Å². The van der Waals surface area contributed by atoms with Crippen molar-refractivity contribution in [3.63, 3.8) is 0 Å². The van der Waals surface area contributed by atoms with Crippen LogP contribution in [0.15, 0.2) is 12.3 Å². The fraction of sp³-hybridized carbons (Fsp3) is 0.529. The summed E-state index contributed by atoms with van der Waals surface area (Å²) in [7, 11) is 0. The molecule has 7 heteroatoms. The summed E-state index contributed by atoms with van der Waals surface area (Å²) < 4.78 is 0. The number of nitriles is 1. The topological polar surface area (TPSA) is 113 Å². The third kappa shape index (κ3) is 3.54. The van der Waals surface area contributed by atoms with Gasteiger partial charge in [-0.2, -0.15) is 5.26 Å². The van der Waals surface area contributed by atoms with Gasteiger partial charge >= 0.3 is 0 Å². The highest BCUT2D eigenvalue weighted by Gasteiger charge is 2.37. The van der Waals surface area contributed by atoms with Crippen molar-refractivity contribution in [3.8, 4) is 6.07 Å². The first kappa shape index (κ1) is 16.4. The van der Waals surface area contributed by atoms with E-state index in [0.717, 1.165) is 18.2 Å². The number of nitrogens with two attached hydrogens (primary N) is 1. The van der Waals surface area contributed by atoms with Gasteiger partial charge in [-0.25, -0.2) is 15.0 Å². The maximum Gasteiger partial charge on any atom is 0.223 e. The maximum absolute atomic E-state index is 9.18. The molecule has 0 bridgehead atoms. The standard InChI is InChI=1S/C17H23N7/c1-16(2,3)24-14-13-10(5-11(8-18)21-14)9-20-15(23-13)22-12-6-17(4,19)7-12/h5,9,12H,6-7,19H2,1-4H3,(H,21,24)(H,20,22,23)/t12-,17-. The lowest BCUT2D eigenvalue weighted by Gasteiger charge is -2.42. The molecule has 0 saturated heterocycles. The third-order valence-corrected chi connectivity index (χ3v) is 3.93. The van der Waals surface area contributed by atoms with Gasteiger partial charge in [0.1, 0.15) is 17.3 Å². The lowest BCUT2D eigenvalue weighted by molar-refractivity contribution is 0.247. The smallest absolute Gasteiger partial charge is 0.223 e. The first-order valence-electron chi connectivity index (χ1n) is 8.07. The van der Waals surface area contributed by atoms with Crippen LogP contribution in [0.2, 0.25) is 0 Å². The zero-order valence-corrected chi connectivity index (χ0v) is 14.5. The fourth-order valence-electron chi connectivity index (χ4n) is 2.96. The second kappa shape index (κ2) is 5.56. The number of nitrogens with zero attached hydrogens (tertiary/aromatic N) is 4. The van der Waals surface area contributed by atoms with Crippen molar-refractivity contribution in [2.45, 2.75) is 57.7 Å². The van der Waals surface area contributed by atoms with Crippen molar-refractivity contribution in [3.05, 3.63) is 18.0 Å². The Morgan fingerprint density at radius 1 is 1.33 bits per heavy atom.